The molecule has 1 atom stereocenters. The normalized spacial score (nSPS) is 11.4. The molecule has 0 spiro atoms. The van der Waals surface area contributed by atoms with Crippen LogP contribution in [0.3, 0.4) is 0 Å². The number of benzene rings is 3. The van der Waals surface area contributed by atoms with Crippen molar-refractivity contribution in [2.45, 2.75) is 25.8 Å². The van der Waals surface area contributed by atoms with E-state index in [-0.39, 0.29) is 6.61 Å². The van der Waals surface area contributed by atoms with E-state index < -0.39 is 18.0 Å². The highest BCUT2D eigenvalue weighted by Gasteiger charge is 2.24. The first-order valence-electron chi connectivity index (χ1n) is 11.8. The van der Waals surface area contributed by atoms with E-state index in [9.17, 15) is 9.59 Å². The second kappa shape index (κ2) is 12.4. The molecule has 1 aromatic heterocycles. The number of carbonyl (C=O) groups is 2. The predicted molar refractivity (Wildman–Crippen MR) is 139 cm³/mol. The summed E-state index contributed by atoms with van der Waals surface area (Å²) in [5.41, 5.74) is 9.37. The van der Waals surface area contributed by atoms with Gasteiger partial charge < -0.3 is 25.8 Å². The number of nitrogens with zero attached hydrogens (tertiary/aromatic N) is 2. The molecule has 0 aliphatic heterocycles. The van der Waals surface area contributed by atoms with Crippen molar-refractivity contribution in [3.05, 3.63) is 114 Å². The third-order valence-corrected chi connectivity index (χ3v) is 5.54. The fourth-order valence-electron chi connectivity index (χ4n) is 3.63. The van der Waals surface area contributed by atoms with Crippen LogP contribution in [0.1, 0.15) is 28.4 Å². The topological polar surface area (TPSA) is 120 Å². The van der Waals surface area contributed by atoms with Crippen molar-refractivity contribution in [1.29, 1.82) is 0 Å². The zero-order valence-electron chi connectivity index (χ0n) is 20.5. The lowest BCUT2D eigenvalue weighted by atomic mass is 10.1. The van der Waals surface area contributed by atoms with Crippen molar-refractivity contribution in [2.24, 2.45) is 12.8 Å². The minimum absolute atomic E-state index is 0.0832. The monoisotopic (exact) mass is 499 g/mol. The van der Waals surface area contributed by atoms with Crippen molar-refractivity contribution >= 4 is 17.7 Å². The van der Waals surface area contributed by atoms with Gasteiger partial charge in [-0.15, -0.1) is 0 Å². The van der Waals surface area contributed by atoms with Gasteiger partial charge in [0.1, 0.15) is 25.0 Å². The van der Waals surface area contributed by atoms with E-state index in [2.05, 4.69) is 15.7 Å². The van der Waals surface area contributed by atoms with Gasteiger partial charge in [0.25, 0.3) is 5.91 Å². The van der Waals surface area contributed by atoms with E-state index in [1.54, 1.807) is 41.1 Å². The van der Waals surface area contributed by atoms with Gasteiger partial charge in [0, 0.05) is 25.5 Å². The van der Waals surface area contributed by atoms with E-state index >= 15 is 0 Å². The summed E-state index contributed by atoms with van der Waals surface area (Å²) < 4.78 is 12.8. The van der Waals surface area contributed by atoms with Crippen molar-refractivity contribution in [2.75, 3.05) is 5.32 Å². The van der Waals surface area contributed by atoms with Crippen molar-refractivity contribution in [3.8, 4) is 5.75 Å². The fraction of sp³-hybridized carbons (Fsp3) is 0.179. The molecule has 0 saturated heterocycles. The van der Waals surface area contributed by atoms with Gasteiger partial charge in [0.15, 0.2) is 0 Å². The molecule has 2 amide bonds. The third kappa shape index (κ3) is 7.42. The Morgan fingerprint density at radius 3 is 2.41 bits per heavy atom. The summed E-state index contributed by atoms with van der Waals surface area (Å²) in [6.45, 7) is 0.739. The third-order valence-electron chi connectivity index (χ3n) is 5.54. The molecule has 4 aromatic rings. The first kappa shape index (κ1) is 25.5. The van der Waals surface area contributed by atoms with Gasteiger partial charge in [-0.1, -0.05) is 54.6 Å². The maximum atomic E-state index is 13.3. The Labute approximate surface area is 215 Å². The molecule has 4 N–H and O–H groups in total. The maximum absolute atomic E-state index is 13.3. The van der Waals surface area contributed by atoms with Crippen LogP contribution in [0.5, 0.6) is 5.75 Å². The van der Waals surface area contributed by atoms with Gasteiger partial charge in [-0.3, -0.25) is 9.48 Å². The van der Waals surface area contributed by atoms with Crippen molar-refractivity contribution < 1.29 is 19.1 Å². The second-order valence-corrected chi connectivity index (χ2v) is 8.37. The van der Waals surface area contributed by atoms with E-state index in [1.807, 2.05) is 61.8 Å². The average molecular weight is 500 g/mol. The van der Waals surface area contributed by atoms with Crippen LogP contribution >= 0.6 is 0 Å². The Kier molecular flexibility index (Phi) is 8.51. The van der Waals surface area contributed by atoms with Crippen LogP contribution in [-0.2, 0) is 36.3 Å². The van der Waals surface area contributed by atoms with Crippen LogP contribution < -0.4 is 21.1 Å². The Morgan fingerprint density at radius 1 is 0.946 bits per heavy atom. The average Bonchev–Trinajstić information content (AvgIpc) is 3.35. The number of rotatable bonds is 10. The first-order chi connectivity index (χ1) is 18.0. The summed E-state index contributed by atoms with van der Waals surface area (Å²) in [6.07, 6.45) is 1.13. The Bertz CT molecular complexity index is 1320. The van der Waals surface area contributed by atoms with Gasteiger partial charge >= 0.3 is 6.09 Å². The number of ether oxygens (including phenoxy) is 2. The number of amides is 2. The number of hydrogen-bond donors (Lipinski definition) is 3. The van der Waals surface area contributed by atoms with E-state index in [0.29, 0.717) is 30.2 Å². The molecule has 3 aromatic carbocycles. The molecule has 0 fully saturated rings. The lowest BCUT2D eigenvalue weighted by Gasteiger charge is -2.19. The zero-order chi connectivity index (χ0) is 26.0. The summed E-state index contributed by atoms with van der Waals surface area (Å²) >= 11 is 0. The quantitative estimate of drug-likeness (QED) is 0.303. The number of nitrogens with one attached hydrogen (secondary N) is 2. The lowest BCUT2D eigenvalue weighted by Crippen LogP contribution is -2.37. The van der Waals surface area contributed by atoms with Crippen LogP contribution in [-0.4, -0.2) is 21.8 Å². The highest BCUT2D eigenvalue weighted by Crippen LogP contribution is 2.21. The number of carbonyl (C=O) groups excluding carboxylic acids is 2. The Hall–Kier alpha value is -4.63. The SMILES string of the molecule is Cn1ccc(COc2ccc([C@@H](NC(=O)OCc3ccccc3)C(=O)Nc3cccc(CN)c3)cc2)n1. The fourth-order valence-corrected chi connectivity index (χ4v) is 3.63. The lowest BCUT2D eigenvalue weighted by molar-refractivity contribution is -0.118. The molecule has 4 rings (SSSR count). The number of nitrogens with two attached hydrogens (primary N) is 1. The van der Waals surface area contributed by atoms with Crippen LogP contribution in [0.15, 0.2) is 91.1 Å². The van der Waals surface area contributed by atoms with Gasteiger partial charge in [-0.25, -0.2) is 4.79 Å². The summed E-state index contributed by atoms with van der Waals surface area (Å²) in [6, 6.07) is 24.3. The molecule has 0 aliphatic rings. The molecule has 0 bridgehead atoms. The van der Waals surface area contributed by atoms with Gasteiger partial charge in [-0.2, -0.15) is 5.10 Å². The molecule has 0 unspecified atom stereocenters. The molecule has 37 heavy (non-hydrogen) atoms. The van der Waals surface area contributed by atoms with Crippen LogP contribution in [0.2, 0.25) is 0 Å². The van der Waals surface area contributed by atoms with Crippen LogP contribution in [0, 0.1) is 0 Å². The smallest absolute Gasteiger partial charge is 0.408 e. The molecular formula is C28H29N5O4. The van der Waals surface area contributed by atoms with Gasteiger partial charge in [-0.05, 0) is 47.0 Å². The minimum Gasteiger partial charge on any atom is -0.487 e. The standard InChI is InChI=1S/C28H29N5O4/c1-33-15-14-24(32-33)19-36-25-12-10-22(11-13-25)26(27(34)30-23-9-5-8-21(16-23)17-29)31-28(35)37-18-20-6-3-2-4-7-20/h2-16,26H,17-19,29H2,1H3,(H,30,34)(H,31,35)/t26-/m1/s1. The predicted octanol–water partition coefficient (Wildman–Crippen LogP) is 4.06. The number of alkyl carbamates (subject to hydrolysis) is 1. The molecule has 0 aliphatic carbocycles. The minimum atomic E-state index is -1.00. The van der Waals surface area contributed by atoms with Gasteiger partial charge in [0.2, 0.25) is 0 Å². The summed E-state index contributed by atoms with van der Waals surface area (Å²) in [5.74, 6) is 0.184. The number of hydrogen-bond acceptors (Lipinski definition) is 6. The molecule has 9 heteroatoms. The number of aromatic nitrogens is 2. The van der Waals surface area contributed by atoms with E-state index in [1.165, 1.54) is 0 Å². The first-order valence-corrected chi connectivity index (χ1v) is 11.8. The Morgan fingerprint density at radius 2 is 1.70 bits per heavy atom. The number of aryl methyl sites for hydroxylation is 1. The number of anilines is 1. The highest BCUT2D eigenvalue weighted by molar-refractivity contribution is 5.97. The van der Waals surface area contributed by atoms with Crippen LogP contribution in [0.4, 0.5) is 10.5 Å². The van der Waals surface area contributed by atoms with Crippen molar-refractivity contribution in [3.63, 3.8) is 0 Å². The molecule has 0 radical (unpaired) electrons. The molecule has 190 valence electrons. The molecule has 0 saturated carbocycles. The van der Waals surface area contributed by atoms with Crippen LogP contribution in [0.25, 0.3) is 0 Å². The molecular weight excluding hydrogens is 470 g/mol. The second-order valence-electron chi connectivity index (χ2n) is 8.37. The highest BCUT2D eigenvalue weighted by atomic mass is 16.5. The summed E-state index contributed by atoms with van der Waals surface area (Å²) in [7, 11) is 1.84. The maximum Gasteiger partial charge on any atom is 0.408 e. The van der Waals surface area contributed by atoms with E-state index in [4.69, 9.17) is 15.2 Å². The van der Waals surface area contributed by atoms with Gasteiger partial charge in [0.05, 0.1) is 5.69 Å². The largest absolute Gasteiger partial charge is 0.487 e. The summed E-state index contributed by atoms with van der Waals surface area (Å²) in [5, 5.41) is 9.82. The summed E-state index contributed by atoms with van der Waals surface area (Å²) in [4.78, 5) is 25.9. The zero-order valence-corrected chi connectivity index (χ0v) is 20.5. The van der Waals surface area contributed by atoms with E-state index in [0.717, 1.165) is 16.8 Å². The van der Waals surface area contributed by atoms with Crippen molar-refractivity contribution in [1.82, 2.24) is 15.1 Å². The Balaban J connectivity index is 1.46. The molecule has 9 nitrogen and oxygen atoms in total. The molecule has 1 heterocycles.